The van der Waals surface area contributed by atoms with Gasteiger partial charge in [0, 0.05) is 15.2 Å². The van der Waals surface area contributed by atoms with E-state index in [2.05, 4.69) is 27.3 Å². The van der Waals surface area contributed by atoms with Crippen molar-refractivity contribution in [1.82, 2.24) is 0 Å². The molecule has 0 bridgehead atoms. The van der Waals surface area contributed by atoms with Gasteiger partial charge in [0.15, 0.2) is 0 Å². The molecule has 0 spiro atoms. The number of anilines is 1. The van der Waals surface area contributed by atoms with Crippen LogP contribution in [0, 0.1) is 0 Å². The Morgan fingerprint density at radius 2 is 2.11 bits per heavy atom. The van der Waals surface area contributed by atoms with Crippen molar-refractivity contribution in [3.05, 3.63) is 57.0 Å². The van der Waals surface area contributed by atoms with Gasteiger partial charge in [-0.2, -0.15) is 0 Å². The van der Waals surface area contributed by atoms with Gasteiger partial charge in [0.2, 0.25) is 0 Å². The highest BCUT2D eigenvalue weighted by Crippen LogP contribution is 2.39. The first kappa shape index (κ1) is 12.8. The van der Waals surface area contributed by atoms with Crippen LogP contribution in [0.1, 0.15) is 23.6 Å². The maximum atomic E-state index is 9.85. The van der Waals surface area contributed by atoms with Gasteiger partial charge in [0.25, 0.3) is 0 Å². The number of hydrogen-bond acceptors (Lipinski definition) is 2. The van der Waals surface area contributed by atoms with Crippen LogP contribution in [0.3, 0.4) is 0 Å². The summed E-state index contributed by atoms with van der Waals surface area (Å²) < 4.78 is 0.952. The van der Waals surface area contributed by atoms with Crippen LogP contribution in [0.25, 0.3) is 0 Å². The number of benzene rings is 2. The molecule has 4 heteroatoms. The predicted octanol–water partition coefficient (Wildman–Crippen LogP) is 4.91. The second-order valence-electron chi connectivity index (χ2n) is 4.70. The summed E-state index contributed by atoms with van der Waals surface area (Å²) in [7, 11) is 0. The molecule has 1 atom stereocenters. The predicted molar refractivity (Wildman–Crippen MR) is 81.9 cm³/mol. The van der Waals surface area contributed by atoms with E-state index in [-0.39, 0.29) is 6.04 Å². The molecule has 0 radical (unpaired) electrons. The van der Waals surface area contributed by atoms with Crippen LogP contribution in [0.15, 0.2) is 40.9 Å². The summed E-state index contributed by atoms with van der Waals surface area (Å²) in [5, 5.41) is 14.1. The van der Waals surface area contributed by atoms with Crippen LogP contribution in [0.4, 0.5) is 5.69 Å². The molecule has 0 aliphatic heterocycles. The highest BCUT2D eigenvalue weighted by molar-refractivity contribution is 9.10. The fourth-order valence-electron chi connectivity index (χ4n) is 2.58. The molecular formula is C15H13BrClNO. The third-order valence-electron chi connectivity index (χ3n) is 3.51. The van der Waals surface area contributed by atoms with Gasteiger partial charge in [-0.05, 0) is 64.2 Å². The topological polar surface area (TPSA) is 32.3 Å². The number of halogens is 2. The zero-order valence-electron chi connectivity index (χ0n) is 10.2. The van der Waals surface area contributed by atoms with E-state index in [0.717, 1.165) is 28.6 Å². The van der Waals surface area contributed by atoms with Gasteiger partial charge in [0.05, 0.1) is 6.04 Å². The lowest BCUT2D eigenvalue weighted by atomic mass is 10.1. The van der Waals surface area contributed by atoms with Crippen molar-refractivity contribution in [2.24, 2.45) is 0 Å². The summed E-state index contributed by atoms with van der Waals surface area (Å²) in [5.41, 5.74) is 3.26. The highest BCUT2D eigenvalue weighted by Gasteiger charge is 2.24. The molecule has 1 aliphatic rings. The number of phenolic OH excluding ortho intramolecular Hbond substituents is 1. The van der Waals surface area contributed by atoms with E-state index in [4.69, 9.17) is 11.6 Å². The molecule has 3 rings (SSSR count). The first-order valence-corrected chi connectivity index (χ1v) is 7.34. The minimum Gasteiger partial charge on any atom is -0.508 e. The normalized spacial score (nSPS) is 17.3. The largest absolute Gasteiger partial charge is 0.508 e. The lowest BCUT2D eigenvalue weighted by Gasteiger charge is -2.17. The molecule has 1 unspecified atom stereocenters. The molecule has 2 nitrogen and oxygen atoms in total. The van der Waals surface area contributed by atoms with Crippen molar-refractivity contribution < 1.29 is 5.11 Å². The standard InChI is InChI=1S/C15H13BrClNO/c16-12-8-9(17)4-6-14(12)18-13-7-5-11-10(13)2-1-3-15(11)19/h1-4,6,8,13,18-19H,5,7H2. The summed E-state index contributed by atoms with van der Waals surface area (Å²) in [4.78, 5) is 0. The number of nitrogens with one attached hydrogen (secondary N) is 1. The molecule has 0 fully saturated rings. The number of hydrogen-bond donors (Lipinski definition) is 2. The van der Waals surface area contributed by atoms with Gasteiger partial charge >= 0.3 is 0 Å². The van der Waals surface area contributed by atoms with E-state index in [0.29, 0.717) is 10.8 Å². The van der Waals surface area contributed by atoms with E-state index in [1.54, 1.807) is 6.07 Å². The molecule has 0 saturated heterocycles. The molecule has 1 aliphatic carbocycles. The van der Waals surface area contributed by atoms with Crippen molar-refractivity contribution in [3.63, 3.8) is 0 Å². The lowest BCUT2D eigenvalue weighted by Crippen LogP contribution is -2.07. The van der Waals surface area contributed by atoms with Gasteiger partial charge in [-0.1, -0.05) is 23.7 Å². The Morgan fingerprint density at radius 1 is 1.26 bits per heavy atom. The Labute approximate surface area is 125 Å². The first-order valence-electron chi connectivity index (χ1n) is 6.17. The SMILES string of the molecule is Oc1cccc2c1CCC2Nc1ccc(Cl)cc1Br. The molecule has 0 heterocycles. The minimum absolute atomic E-state index is 0.236. The summed E-state index contributed by atoms with van der Waals surface area (Å²) in [5.74, 6) is 0.400. The monoisotopic (exact) mass is 337 g/mol. The molecule has 2 aromatic rings. The molecule has 98 valence electrons. The van der Waals surface area contributed by atoms with Crippen LogP contribution in [0.2, 0.25) is 5.02 Å². The van der Waals surface area contributed by atoms with E-state index in [9.17, 15) is 5.11 Å². The molecule has 19 heavy (non-hydrogen) atoms. The third-order valence-corrected chi connectivity index (χ3v) is 4.40. The van der Waals surface area contributed by atoms with E-state index in [1.165, 1.54) is 5.56 Å². The van der Waals surface area contributed by atoms with Gasteiger partial charge in [-0.3, -0.25) is 0 Å². The Bertz CT molecular complexity index is 630. The van der Waals surface area contributed by atoms with Crippen LogP contribution < -0.4 is 5.32 Å². The molecular weight excluding hydrogens is 326 g/mol. The Hall–Kier alpha value is -1.19. The zero-order valence-corrected chi connectivity index (χ0v) is 12.5. The molecule has 0 aromatic heterocycles. The summed E-state index contributed by atoms with van der Waals surface area (Å²) in [6.45, 7) is 0. The van der Waals surface area contributed by atoms with Gasteiger partial charge in [-0.15, -0.1) is 0 Å². The summed E-state index contributed by atoms with van der Waals surface area (Å²) in [6, 6.07) is 11.7. The molecule has 0 saturated carbocycles. The van der Waals surface area contributed by atoms with E-state index < -0.39 is 0 Å². The van der Waals surface area contributed by atoms with Crippen molar-refractivity contribution in [1.29, 1.82) is 0 Å². The zero-order chi connectivity index (χ0) is 13.4. The van der Waals surface area contributed by atoms with E-state index in [1.807, 2.05) is 24.3 Å². The minimum atomic E-state index is 0.236. The van der Waals surface area contributed by atoms with Gasteiger partial charge in [-0.25, -0.2) is 0 Å². The maximum Gasteiger partial charge on any atom is 0.119 e. The highest BCUT2D eigenvalue weighted by atomic mass is 79.9. The fourth-order valence-corrected chi connectivity index (χ4v) is 3.38. The maximum absolute atomic E-state index is 9.85. The number of aromatic hydroxyl groups is 1. The summed E-state index contributed by atoms with van der Waals surface area (Å²) >= 11 is 9.46. The average Bonchev–Trinajstić information content (AvgIpc) is 2.78. The van der Waals surface area contributed by atoms with Crippen molar-refractivity contribution in [2.45, 2.75) is 18.9 Å². The lowest BCUT2D eigenvalue weighted by molar-refractivity contribution is 0.469. The van der Waals surface area contributed by atoms with Gasteiger partial charge < -0.3 is 10.4 Å². The number of phenols is 1. The van der Waals surface area contributed by atoms with Crippen LogP contribution in [-0.4, -0.2) is 5.11 Å². The quantitative estimate of drug-likeness (QED) is 0.815. The number of rotatable bonds is 2. The average molecular weight is 339 g/mol. The molecule has 0 amide bonds. The van der Waals surface area contributed by atoms with E-state index >= 15 is 0 Å². The number of fused-ring (bicyclic) bond motifs is 1. The van der Waals surface area contributed by atoms with Crippen molar-refractivity contribution >= 4 is 33.2 Å². The van der Waals surface area contributed by atoms with Crippen LogP contribution in [-0.2, 0) is 6.42 Å². The second kappa shape index (κ2) is 5.06. The first-order chi connectivity index (χ1) is 9.15. The molecule has 2 aromatic carbocycles. The van der Waals surface area contributed by atoms with Gasteiger partial charge in [0.1, 0.15) is 5.75 Å². The smallest absolute Gasteiger partial charge is 0.119 e. The second-order valence-corrected chi connectivity index (χ2v) is 6.00. The van der Waals surface area contributed by atoms with Crippen molar-refractivity contribution in [2.75, 3.05) is 5.32 Å². The Morgan fingerprint density at radius 3 is 2.89 bits per heavy atom. The third kappa shape index (κ3) is 2.45. The summed E-state index contributed by atoms with van der Waals surface area (Å²) in [6.07, 6.45) is 1.90. The Balaban J connectivity index is 1.89. The van der Waals surface area contributed by atoms with Crippen LogP contribution in [0.5, 0.6) is 5.75 Å². The molecule has 2 N–H and O–H groups in total. The Kier molecular flexibility index (Phi) is 3.42. The van der Waals surface area contributed by atoms with Crippen molar-refractivity contribution in [3.8, 4) is 5.75 Å². The van der Waals surface area contributed by atoms with Crippen LogP contribution >= 0.6 is 27.5 Å². The fraction of sp³-hybridized carbons (Fsp3) is 0.200.